The summed E-state index contributed by atoms with van der Waals surface area (Å²) in [5.74, 6) is 0.540. The molecule has 9 heteroatoms. The summed E-state index contributed by atoms with van der Waals surface area (Å²) in [5, 5.41) is 2.52. The molecule has 1 heterocycles. The van der Waals surface area contributed by atoms with Gasteiger partial charge in [0.05, 0.1) is 5.02 Å². The molecule has 0 unspecified atom stereocenters. The maximum atomic E-state index is 12.3. The Bertz CT molecular complexity index is 963. The number of anilines is 1. The van der Waals surface area contributed by atoms with Crippen LogP contribution in [0.4, 0.5) is 14.5 Å². The largest absolute Gasteiger partial charge is 0.486 e. The van der Waals surface area contributed by atoms with Gasteiger partial charge in [-0.25, -0.2) is 0 Å². The van der Waals surface area contributed by atoms with Gasteiger partial charge in [-0.1, -0.05) is 11.6 Å². The molecular formula is C19H13ClF2INO4. The second-order valence-corrected chi connectivity index (χ2v) is 7.14. The lowest BCUT2D eigenvalue weighted by Gasteiger charge is -2.09. The molecule has 0 bridgehead atoms. The van der Waals surface area contributed by atoms with Crippen LogP contribution in [0.25, 0.3) is 0 Å². The number of halogens is 4. The van der Waals surface area contributed by atoms with Crippen LogP contribution in [0.5, 0.6) is 11.5 Å². The van der Waals surface area contributed by atoms with Crippen LogP contribution in [-0.4, -0.2) is 12.5 Å². The number of carbonyl (C=O) groups excluding carboxylic acids is 1. The molecule has 1 amide bonds. The predicted octanol–water partition coefficient (Wildman–Crippen LogP) is 5.97. The molecule has 0 saturated heterocycles. The molecule has 146 valence electrons. The maximum absolute atomic E-state index is 12.3. The monoisotopic (exact) mass is 519 g/mol. The van der Waals surface area contributed by atoms with Crippen LogP contribution >= 0.6 is 34.2 Å². The van der Waals surface area contributed by atoms with Gasteiger partial charge in [0.2, 0.25) is 0 Å². The van der Waals surface area contributed by atoms with E-state index in [1.165, 1.54) is 24.3 Å². The quantitative estimate of drug-likeness (QED) is 0.391. The van der Waals surface area contributed by atoms with E-state index in [0.29, 0.717) is 17.2 Å². The van der Waals surface area contributed by atoms with Crippen molar-refractivity contribution in [3.8, 4) is 11.5 Å². The van der Waals surface area contributed by atoms with Crippen molar-refractivity contribution in [1.82, 2.24) is 0 Å². The molecule has 0 aliphatic heterocycles. The highest BCUT2D eigenvalue weighted by atomic mass is 127. The Kier molecular flexibility index (Phi) is 6.74. The minimum absolute atomic E-state index is 0.0517. The molecule has 2 aromatic carbocycles. The van der Waals surface area contributed by atoms with Crippen LogP contribution in [0, 0.1) is 3.57 Å². The number of hydrogen-bond donors (Lipinski definition) is 1. The summed E-state index contributed by atoms with van der Waals surface area (Å²) in [6.45, 7) is -2.82. The summed E-state index contributed by atoms with van der Waals surface area (Å²) in [5.41, 5.74) is 0.310. The molecular weight excluding hydrogens is 507 g/mol. The number of furan rings is 1. The zero-order valence-electron chi connectivity index (χ0n) is 14.1. The van der Waals surface area contributed by atoms with Gasteiger partial charge in [0, 0.05) is 9.26 Å². The van der Waals surface area contributed by atoms with Gasteiger partial charge in [0.1, 0.15) is 23.9 Å². The maximum Gasteiger partial charge on any atom is 0.387 e. The highest BCUT2D eigenvalue weighted by Gasteiger charge is 2.14. The van der Waals surface area contributed by atoms with Gasteiger partial charge in [0.15, 0.2) is 5.76 Å². The molecule has 3 rings (SSSR count). The Hall–Kier alpha value is -2.33. The molecule has 0 saturated carbocycles. The fourth-order valence-corrected chi connectivity index (χ4v) is 2.81. The van der Waals surface area contributed by atoms with Crippen molar-refractivity contribution in [3.05, 3.63) is 74.7 Å². The van der Waals surface area contributed by atoms with Crippen molar-refractivity contribution in [2.24, 2.45) is 0 Å². The van der Waals surface area contributed by atoms with E-state index in [9.17, 15) is 13.6 Å². The topological polar surface area (TPSA) is 60.7 Å². The highest BCUT2D eigenvalue weighted by Crippen LogP contribution is 2.29. The van der Waals surface area contributed by atoms with Crippen LogP contribution in [0.3, 0.4) is 0 Å². The fourth-order valence-electron chi connectivity index (χ4n) is 2.23. The van der Waals surface area contributed by atoms with Crippen LogP contribution in [0.15, 0.2) is 59.0 Å². The first-order valence-corrected chi connectivity index (χ1v) is 9.39. The van der Waals surface area contributed by atoms with Crippen molar-refractivity contribution in [3.63, 3.8) is 0 Å². The van der Waals surface area contributed by atoms with Gasteiger partial charge in [-0.2, -0.15) is 8.78 Å². The third-order valence-corrected chi connectivity index (χ3v) is 4.50. The molecule has 0 fully saturated rings. The SMILES string of the molecule is O=C(Nc1ccc(OC(F)F)c(Cl)c1)c1ccc(COc2ccc(I)cc2)o1. The lowest BCUT2D eigenvalue weighted by Crippen LogP contribution is -2.11. The molecule has 5 nitrogen and oxygen atoms in total. The van der Waals surface area contributed by atoms with Crippen molar-refractivity contribution >= 4 is 45.8 Å². The van der Waals surface area contributed by atoms with Crippen LogP contribution < -0.4 is 14.8 Å². The summed E-state index contributed by atoms with van der Waals surface area (Å²) in [4.78, 5) is 12.3. The van der Waals surface area contributed by atoms with Gasteiger partial charge < -0.3 is 19.2 Å². The van der Waals surface area contributed by atoms with Crippen LogP contribution in [-0.2, 0) is 6.61 Å². The molecule has 0 aliphatic rings. The van der Waals surface area contributed by atoms with Crippen molar-refractivity contribution in [1.29, 1.82) is 0 Å². The number of alkyl halides is 2. The second-order valence-electron chi connectivity index (χ2n) is 5.49. The minimum atomic E-state index is -2.98. The van der Waals surface area contributed by atoms with E-state index in [1.54, 1.807) is 6.07 Å². The molecule has 1 aromatic heterocycles. The van der Waals surface area contributed by atoms with E-state index in [0.717, 1.165) is 3.57 Å². The first-order chi connectivity index (χ1) is 13.4. The number of carbonyl (C=O) groups is 1. The smallest absolute Gasteiger partial charge is 0.387 e. The molecule has 0 atom stereocenters. The lowest BCUT2D eigenvalue weighted by atomic mass is 10.3. The molecule has 28 heavy (non-hydrogen) atoms. The molecule has 0 spiro atoms. The first kappa shape index (κ1) is 20.4. The third kappa shape index (κ3) is 5.59. The van der Waals surface area contributed by atoms with E-state index < -0.39 is 12.5 Å². The Morgan fingerprint density at radius 1 is 1.14 bits per heavy atom. The van der Waals surface area contributed by atoms with Crippen molar-refractivity contribution in [2.75, 3.05) is 5.32 Å². The fraction of sp³-hybridized carbons (Fsp3) is 0.105. The zero-order valence-corrected chi connectivity index (χ0v) is 17.0. The average molecular weight is 520 g/mol. The van der Waals surface area contributed by atoms with Crippen LogP contribution in [0.1, 0.15) is 16.3 Å². The van der Waals surface area contributed by atoms with Gasteiger partial charge in [-0.3, -0.25) is 4.79 Å². The average Bonchev–Trinajstić information content (AvgIpc) is 3.12. The first-order valence-electron chi connectivity index (χ1n) is 7.93. The number of rotatable bonds is 7. The highest BCUT2D eigenvalue weighted by molar-refractivity contribution is 14.1. The van der Waals surface area contributed by atoms with Gasteiger partial charge in [-0.15, -0.1) is 0 Å². The zero-order chi connectivity index (χ0) is 20.1. The number of benzene rings is 2. The molecule has 0 aliphatic carbocycles. The van der Waals surface area contributed by atoms with E-state index in [1.807, 2.05) is 24.3 Å². The van der Waals surface area contributed by atoms with Gasteiger partial charge >= 0.3 is 6.61 Å². The van der Waals surface area contributed by atoms with E-state index in [4.69, 9.17) is 20.8 Å². The van der Waals surface area contributed by atoms with E-state index >= 15 is 0 Å². The standard InChI is InChI=1S/C19H13ClF2INO4/c20-15-9-12(3-7-16(15)28-19(21)22)24-18(25)17-8-6-14(27-17)10-26-13-4-1-11(23)2-5-13/h1-9,19H,10H2,(H,24,25). The Morgan fingerprint density at radius 2 is 1.89 bits per heavy atom. The lowest BCUT2D eigenvalue weighted by molar-refractivity contribution is -0.0497. The number of ether oxygens (including phenoxy) is 2. The van der Waals surface area contributed by atoms with Crippen molar-refractivity contribution in [2.45, 2.75) is 13.2 Å². The van der Waals surface area contributed by atoms with Gasteiger partial charge in [0.25, 0.3) is 5.91 Å². The Morgan fingerprint density at radius 3 is 2.57 bits per heavy atom. The summed E-state index contributed by atoms with van der Waals surface area (Å²) >= 11 is 8.06. The van der Waals surface area contributed by atoms with Gasteiger partial charge in [-0.05, 0) is 77.2 Å². The molecule has 0 radical (unpaired) electrons. The molecule has 1 N–H and O–H groups in total. The normalized spacial score (nSPS) is 10.8. The Labute approximate surface area is 177 Å². The molecule has 3 aromatic rings. The van der Waals surface area contributed by atoms with Crippen LogP contribution in [0.2, 0.25) is 5.02 Å². The number of hydrogen-bond acceptors (Lipinski definition) is 4. The summed E-state index contributed by atoms with van der Waals surface area (Å²) < 4.78 is 40.9. The minimum Gasteiger partial charge on any atom is -0.486 e. The third-order valence-electron chi connectivity index (χ3n) is 3.49. The second kappa shape index (κ2) is 9.24. The van der Waals surface area contributed by atoms with Crippen molar-refractivity contribution < 1.29 is 27.5 Å². The predicted molar refractivity (Wildman–Crippen MR) is 108 cm³/mol. The summed E-state index contributed by atoms with van der Waals surface area (Å²) in [6.07, 6.45) is 0. The summed E-state index contributed by atoms with van der Waals surface area (Å²) in [6, 6.07) is 14.6. The number of amides is 1. The van der Waals surface area contributed by atoms with E-state index in [-0.39, 0.29) is 23.1 Å². The Balaban J connectivity index is 1.59. The van der Waals surface area contributed by atoms with E-state index in [2.05, 4.69) is 32.6 Å². The number of nitrogens with one attached hydrogen (secondary N) is 1. The summed E-state index contributed by atoms with van der Waals surface area (Å²) in [7, 11) is 0.